The first-order chi connectivity index (χ1) is 9.15. The van der Waals surface area contributed by atoms with E-state index in [4.69, 9.17) is 21.1 Å². The van der Waals surface area contributed by atoms with Crippen LogP contribution in [0.4, 0.5) is 0 Å². The lowest BCUT2D eigenvalue weighted by Gasteiger charge is -2.09. The van der Waals surface area contributed by atoms with Gasteiger partial charge >= 0.3 is 0 Å². The minimum atomic E-state index is -0.226. The van der Waals surface area contributed by atoms with Crippen LogP contribution in [0.2, 0.25) is 5.02 Å². The molecular weight excluding hydrogens is 266 g/mol. The number of hydrogen-bond donors (Lipinski definition) is 0. The first kappa shape index (κ1) is 13.4. The Hall–Kier alpha value is -2.07. The molecule has 0 fully saturated rings. The number of rotatable bonds is 4. The molecule has 0 spiro atoms. The van der Waals surface area contributed by atoms with Crippen LogP contribution in [-0.4, -0.2) is 25.0 Å². The van der Waals surface area contributed by atoms with Gasteiger partial charge < -0.3 is 9.47 Å². The van der Waals surface area contributed by atoms with E-state index in [0.29, 0.717) is 27.8 Å². The largest absolute Gasteiger partial charge is 0.497 e. The Bertz CT molecular complexity index is 596. The number of halogens is 1. The second-order valence-electron chi connectivity index (χ2n) is 3.76. The molecule has 4 nitrogen and oxygen atoms in total. The van der Waals surface area contributed by atoms with Crippen molar-refractivity contribution in [2.75, 3.05) is 14.2 Å². The van der Waals surface area contributed by atoms with Crippen LogP contribution < -0.4 is 9.47 Å². The van der Waals surface area contributed by atoms with Crippen LogP contribution in [0.25, 0.3) is 0 Å². The van der Waals surface area contributed by atoms with Crippen LogP contribution in [-0.2, 0) is 0 Å². The van der Waals surface area contributed by atoms with Gasteiger partial charge in [-0.15, -0.1) is 0 Å². The summed E-state index contributed by atoms with van der Waals surface area (Å²) in [6, 6.07) is 8.21. The van der Waals surface area contributed by atoms with Gasteiger partial charge in [0, 0.05) is 12.3 Å². The molecular formula is C14H12ClNO3. The molecule has 5 heteroatoms. The number of methoxy groups -OCH3 is 2. The lowest BCUT2D eigenvalue weighted by Crippen LogP contribution is -2.06. The number of carbonyl (C=O) groups excluding carboxylic acids is 1. The highest BCUT2D eigenvalue weighted by Crippen LogP contribution is 2.26. The van der Waals surface area contributed by atoms with Crippen LogP contribution in [0.15, 0.2) is 36.5 Å². The highest BCUT2D eigenvalue weighted by molar-refractivity contribution is 6.30. The SMILES string of the molecule is COc1ccc(C(=O)c2ccc(Cl)cn2)c(OC)c1. The van der Waals surface area contributed by atoms with Gasteiger partial charge in [0.05, 0.1) is 24.8 Å². The van der Waals surface area contributed by atoms with Crippen molar-refractivity contribution in [3.63, 3.8) is 0 Å². The zero-order valence-electron chi connectivity index (χ0n) is 10.5. The third-order valence-electron chi connectivity index (χ3n) is 2.61. The standard InChI is InChI=1S/C14H12ClNO3/c1-18-10-4-5-11(13(7-10)19-2)14(17)12-6-3-9(15)8-16-12/h3-8H,1-2H3. The van der Waals surface area contributed by atoms with Gasteiger partial charge in [-0.2, -0.15) is 0 Å². The van der Waals surface area contributed by atoms with Gasteiger partial charge in [-0.25, -0.2) is 0 Å². The molecule has 0 aliphatic heterocycles. The van der Waals surface area contributed by atoms with Gasteiger partial charge in [0.1, 0.15) is 17.2 Å². The van der Waals surface area contributed by atoms with Crippen LogP contribution in [0.1, 0.15) is 16.1 Å². The molecule has 1 aromatic carbocycles. The van der Waals surface area contributed by atoms with E-state index < -0.39 is 0 Å². The molecule has 0 saturated heterocycles. The Morgan fingerprint density at radius 1 is 1.16 bits per heavy atom. The zero-order chi connectivity index (χ0) is 13.8. The van der Waals surface area contributed by atoms with Crippen molar-refractivity contribution in [2.45, 2.75) is 0 Å². The van der Waals surface area contributed by atoms with Crippen molar-refractivity contribution in [3.05, 3.63) is 52.8 Å². The lowest BCUT2D eigenvalue weighted by atomic mass is 10.1. The number of carbonyl (C=O) groups is 1. The fourth-order valence-corrected chi connectivity index (χ4v) is 1.75. The molecule has 1 aromatic heterocycles. The van der Waals surface area contributed by atoms with Crippen molar-refractivity contribution >= 4 is 17.4 Å². The fraction of sp³-hybridized carbons (Fsp3) is 0.143. The Labute approximate surface area is 115 Å². The summed E-state index contributed by atoms with van der Waals surface area (Å²) in [5, 5.41) is 0.484. The maximum absolute atomic E-state index is 12.3. The highest BCUT2D eigenvalue weighted by Gasteiger charge is 2.16. The fourth-order valence-electron chi connectivity index (χ4n) is 1.63. The number of hydrogen-bond acceptors (Lipinski definition) is 4. The molecule has 0 aliphatic rings. The summed E-state index contributed by atoms with van der Waals surface area (Å²) in [6.07, 6.45) is 1.44. The average Bonchev–Trinajstić information content (AvgIpc) is 2.46. The summed E-state index contributed by atoms with van der Waals surface area (Å²) in [5.41, 5.74) is 0.742. The van der Waals surface area contributed by atoms with E-state index in [1.54, 1.807) is 37.4 Å². The molecule has 19 heavy (non-hydrogen) atoms. The number of pyridine rings is 1. The van der Waals surface area contributed by atoms with E-state index in [9.17, 15) is 4.79 Å². The van der Waals surface area contributed by atoms with Crippen molar-refractivity contribution in [3.8, 4) is 11.5 Å². The maximum Gasteiger partial charge on any atom is 0.215 e. The molecule has 2 aromatic rings. The molecule has 0 N–H and O–H groups in total. The lowest BCUT2D eigenvalue weighted by molar-refractivity contribution is 0.103. The maximum atomic E-state index is 12.3. The number of ketones is 1. The Morgan fingerprint density at radius 3 is 2.53 bits per heavy atom. The van der Waals surface area contributed by atoms with Gasteiger partial charge in [0.15, 0.2) is 0 Å². The number of ether oxygens (including phenoxy) is 2. The first-order valence-corrected chi connectivity index (χ1v) is 5.92. The van der Waals surface area contributed by atoms with Gasteiger partial charge in [-0.05, 0) is 24.3 Å². The predicted molar refractivity (Wildman–Crippen MR) is 72.2 cm³/mol. The molecule has 0 unspecified atom stereocenters. The summed E-state index contributed by atoms with van der Waals surface area (Å²) in [5.74, 6) is 0.842. The first-order valence-electron chi connectivity index (χ1n) is 5.54. The Balaban J connectivity index is 2.40. The van der Waals surface area contributed by atoms with Crippen LogP contribution >= 0.6 is 11.6 Å². The molecule has 2 rings (SSSR count). The topological polar surface area (TPSA) is 48.4 Å². The molecule has 0 aliphatic carbocycles. The van der Waals surface area contributed by atoms with Crippen LogP contribution in [0.3, 0.4) is 0 Å². The van der Waals surface area contributed by atoms with Gasteiger partial charge in [0.2, 0.25) is 5.78 Å². The molecule has 1 heterocycles. The van der Waals surface area contributed by atoms with Crippen molar-refractivity contribution in [1.29, 1.82) is 0 Å². The van der Waals surface area contributed by atoms with Crippen LogP contribution in [0, 0.1) is 0 Å². The third-order valence-corrected chi connectivity index (χ3v) is 2.84. The quantitative estimate of drug-likeness (QED) is 0.806. The van der Waals surface area contributed by atoms with E-state index in [-0.39, 0.29) is 5.78 Å². The van der Waals surface area contributed by atoms with E-state index in [1.165, 1.54) is 13.3 Å². The van der Waals surface area contributed by atoms with Crippen LogP contribution in [0.5, 0.6) is 11.5 Å². The average molecular weight is 278 g/mol. The normalized spacial score (nSPS) is 10.1. The van der Waals surface area contributed by atoms with Gasteiger partial charge in [-0.3, -0.25) is 9.78 Å². The van der Waals surface area contributed by atoms with Crippen molar-refractivity contribution < 1.29 is 14.3 Å². The summed E-state index contributed by atoms with van der Waals surface area (Å²) in [6.45, 7) is 0. The molecule has 0 amide bonds. The highest BCUT2D eigenvalue weighted by atomic mass is 35.5. The summed E-state index contributed by atoms with van der Waals surface area (Å²) >= 11 is 5.75. The van der Waals surface area contributed by atoms with E-state index in [2.05, 4.69) is 4.98 Å². The molecule has 0 saturated carbocycles. The summed E-state index contributed by atoms with van der Waals surface area (Å²) < 4.78 is 10.3. The van der Waals surface area contributed by atoms with E-state index in [1.807, 2.05) is 0 Å². The summed E-state index contributed by atoms with van der Waals surface area (Å²) in [4.78, 5) is 16.3. The van der Waals surface area contributed by atoms with Crippen molar-refractivity contribution in [2.24, 2.45) is 0 Å². The summed E-state index contributed by atoms with van der Waals surface area (Å²) in [7, 11) is 3.05. The Kier molecular flexibility index (Phi) is 4.02. The van der Waals surface area contributed by atoms with Crippen molar-refractivity contribution in [1.82, 2.24) is 4.98 Å². The predicted octanol–water partition coefficient (Wildman–Crippen LogP) is 2.98. The van der Waals surface area contributed by atoms with E-state index in [0.717, 1.165) is 0 Å². The Morgan fingerprint density at radius 2 is 1.95 bits per heavy atom. The molecule has 0 atom stereocenters. The second-order valence-corrected chi connectivity index (χ2v) is 4.19. The number of benzene rings is 1. The zero-order valence-corrected chi connectivity index (χ0v) is 11.3. The smallest absolute Gasteiger partial charge is 0.215 e. The van der Waals surface area contributed by atoms with Gasteiger partial charge in [-0.1, -0.05) is 11.6 Å². The second kappa shape index (κ2) is 5.71. The molecule has 98 valence electrons. The molecule has 0 radical (unpaired) electrons. The third kappa shape index (κ3) is 2.85. The number of aromatic nitrogens is 1. The monoisotopic (exact) mass is 277 g/mol. The molecule has 0 bridgehead atoms. The van der Waals surface area contributed by atoms with E-state index >= 15 is 0 Å². The minimum Gasteiger partial charge on any atom is -0.497 e. The number of nitrogens with zero attached hydrogens (tertiary/aromatic N) is 1. The minimum absolute atomic E-state index is 0.226. The van der Waals surface area contributed by atoms with Gasteiger partial charge in [0.25, 0.3) is 0 Å².